The molecule has 1 amide bonds. The summed E-state index contributed by atoms with van der Waals surface area (Å²) in [5.74, 6) is -0.546. The van der Waals surface area contributed by atoms with Gasteiger partial charge in [0.1, 0.15) is 15.5 Å². The Kier molecular flexibility index (Phi) is 11.0. The van der Waals surface area contributed by atoms with Crippen molar-refractivity contribution in [1.29, 1.82) is 0 Å². The summed E-state index contributed by atoms with van der Waals surface area (Å²) in [4.78, 5) is 11.4. The van der Waals surface area contributed by atoms with Gasteiger partial charge in [-0.3, -0.25) is 4.79 Å². The van der Waals surface area contributed by atoms with Crippen LogP contribution in [0, 0.1) is 5.41 Å². The minimum Gasteiger partial charge on any atom is -0.746 e. The van der Waals surface area contributed by atoms with Crippen LogP contribution < -0.4 is 34.9 Å². The van der Waals surface area contributed by atoms with E-state index in [4.69, 9.17) is 0 Å². The topological polar surface area (TPSA) is 86.3 Å². The van der Waals surface area contributed by atoms with Crippen molar-refractivity contribution >= 4 is 16.0 Å². The molecule has 0 radical (unpaired) electrons. The summed E-state index contributed by atoms with van der Waals surface area (Å²) in [5, 5.41) is 0.797. The summed E-state index contributed by atoms with van der Waals surface area (Å²) >= 11 is 0. The Morgan fingerprint density at radius 2 is 1.85 bits per heavy atom. The van der Waals surface area contributed by atoms with Crippen LogP contribution in [0.15, 0.2) is 43.0 Å². The molecule has 140 valence electrons. The number of carbonyl (C=O) groups is 1. The molecule has 0 bridgehead atoms. The van der Waals surface area contributed by atoms with E-state index in [-0.39, 0.29) is 47.3 Å². The van der Waals surface area contributed by atoms with Crippen LogP contribution in [-0.2, 0) is 14.9 Å². The van der Waals surface area contributed by atoms with Crippen molar-refractivity contribution in [3.05, 3.63) is 48.6 Å². The Balaban J connectivity index is 0.00000625. The van der Waals surface area contributed by atoms with Crippen LogP contribution in [0.4, 0.5) is 0 Å². The molecule has 2 atom stereocenters. The third-order valence-electron chi connectivity index (χ3n) is 4.64. The maximum Gasteiger partial charge on any atom is 1.00 e. The maximum atomic E-state index is 11.5. The minimum absolute atomic E-state index is 0. The largest absolute Gasteiger partial charge is 1.00 e. The predicted molar refractivity (Wildman–Crippen MR) is 98.9 cm³/mol. The van der Waals surface area contributed by atoms with Gasteiger partial charge in [0, 0.05) is 0 Å². The van der Waals surface area contributed by atoms with Crippen LogP contribution in [0.1, 0.15) is 57.9 Å². The van der Waals surface area contributed by atoms with Crippen LogP contribution in [0.2, 0.25) is 0 Å². The van der Waals surface area contributed by atoms with Gasteiger partial charge in [-0.05, 0) is 42.2 Å². The van der Waals surface area contributed by atoms with E-state index in [1.807, 2.05) is 30.3 Å². The van der Waals surface area contributed by atoms with Crippen molar-refractivity contribution in [1.82, 2.24) is 5.32 Å². The van der Waals surface area contributed by atoms with Gasteiger partial charge in [0.05, 0.1) is 0 Å². The molecule has 2 unspecified atom stereocenters. The average Bonchev–Trinajstić information content (AvgIpc) is 2.56. The van der Waals surface area contributed by atoms with E-state index in [9.17, 15) is 17.8 Å². The van der Waals surface area contributed by atoms with Crippen molar-refractivity contribution in [3.8, 4) is 0 Å². The fourth-order valence-electron chi connectivity index (χ4n) is 2.78. The number of hydrogen-bond acceptors (Lipinski definition) is 4. The quantitative estimate of drug-likeness (QED) is 0.360. The van der Waals surface area contributed by atoms with E-state index in [0.29, 0.717) is 6.42 Å². The molecule has 0 fully saturated rings. The summed E-state index contributed by atoms with van der Waals surface area (Å²) in [6.45, 7) is 9.75. The molecule has 7 heteroatoms. The van der Waals surface area contributed by atoms with Crippen molar-refractivity contribution < 1.29 is 47.3 Å². The van der Waals surface area contributed by atoms with Crippen LogP contribution in [-0.4, -0.2) is 24.3 Å². The molecule has 5 nitrogen and oxygen atoms in total. The first-order valence-corrected chi connectivity index (χ1v) is 9.99. The first kappa shape index (κ1) is 25.3. The van der Waals surface area contributed by atoms with Crippen molar-refractivity contribution in [3.63, 3.8) is 0 Å². The smallest absolute Gasteiger partial charge is 0.746 e. The second-order valence-electron chi connectivity index (χ2n) is 7.10. The van der Waals surface area contributed by atoms with Gasteiger partial charge in [-0.25, -0.2) is 8.42 Å². The van der Waals surface area contributed by atoms with Crippen molar-refractivity contribution in [2.24, 2.45) is 5.41 Å². The monoisotopic (exact) mass is 389 g/mol. The third-order valence-corrected chi connectivity index (χ3v) is 5.69. The molecule has 26 heavy (non-hydrogen) atoms. The van der Waals surface area contributed by atoms with Crippen LogP contribution in [0.3, 0.4) is 0 Å². The summed E-state index contributed by atoms with van der Waals surface area (Å²) in [5.41, 5.74) is 1.21. The SMILES string of the molecule is C=CC(=O)NC(CCC(CC(C)(C)CC)c1ccccc1)S(=O)(=O)[O-].[Na+]. The predicted octanol–water partition coefficient (Wildman–Crippen LogP) is 0.554. The zero-order valence-electron chi connectivity index (χ0n) is 16.2. The van der Waals surface area contributed by atoms with Gasteiger partial charge in [-0.15, -0.1) is 0 Å². The average molecular weight is 389 g/mol. The molecule has 0 spiro atoms. The molecular weight excluding hydrogens is 361 g/mol. The Morgan fingerprint density at radius 3 is 2.31 bits per heavy atom. The number of rotatable bonds is 10. The minimum atomic E-state index is -4.63. The van der Waals surface area contributed by atoms with E-state index in [1.54, 1.807) is 0 Å². The van der Waals surface area contributed by atoms with Gasteiger partial charge in [0.25, 0.3) is 0 Å². The first-order chi connectivity index (χ1) is 11.6. The molecule has 0 aliphatic carbocycles. The summed E-state index contributed by atoms with van der Waals surface area (Å²) < 4.78 is 34.4. The van der Waals surface area contributed by atoms with Crippen LogP contribution in [0.5, 0.6) is 0 Å². The van der Waals surface area contributed by atoms with Gasteiger partial charge in [0.2, 0.25) is 5.91 Å². The van der Waals surface area contributed by atoms with Crippen molar-refractivity contribution in [2.75, 3.05) is 0 Å². The molecular formula is C19H28NNaO4S. The Morgan fingerprint density at radius 1 is 1.27 bits per heavy atom. The van der Waals surface area contributed by atoms with Crippen LogP contribution >= 0.6 is 0 Å². The Hall–Kier alpha value is -0.660. The molecule has 0 heterocycles. The first-order valence-electron chi connectivity index (χ1n) is 8.51. The zero-order chi connectivity index (χ0) is 19.1. The molecule has 0 aliphatic heterocycles. The van der Waals surface area contributed by atoms with Gasteiger partial charge in [-0.2, -0.15) is 0 Å². The summed E-state index contributed by atoms with van der Waals surface area (Å²) in [7, 11) is -4.63. The number of amides is 1. The molecule has 0 saturated carbocycles. The van der Waals surface area contributed by atoms with E-state index < -0.39 is 21.4 Å². The van der Waals surface area contributed by atoms with E-state index >= 15 is 0 Å². The Labute approximate surface area is 179 Å². The normalized spacial score (nSPS) is 14.0. The van der Waals surface area contributed by atoms with Gasteiger partial charge >= 0.3 is 29.6 Å². The van der Waals surface area contributed by atoms with Gasteiger partial charge in [0.15, 0.2) is 0 Å². The number of carbonyl (C=O) groups excluding carboxylic acids is 1. The van der Waals surface area contributed by atoms with Crippen molar-refractivity contribution in [2.45, 2.75) is 57.7 Å². The fourth-order valence-corrected chi connectivity index (χ4v) is 3.47. The standard InChI is InChI=1S/C19H29NO4S.Na/c1-5-17(21)20-18(25(22,23)24)13-12-16(14-19(3,4)6-2)15-10-8-7-9-11-15;/h5,7-11,16,18H,1,6,12-14H2,2-4H3,(H,20,21)(H,22,23,24);/q;+1/p-1. The second kappa shape index (κ2) is 11.2. The molecule has 1 aromatic carbocycles. The van der Waals surface area contributed by atoms with Crippen LogP contribution in [0.25, 0.3) is 0 Å². The van der Waals surface area contributed by atoms with Gasteiger partial charge < -0.3 is 9.87 Å². The fraction of sp³-hybridized carbons (Fsp3) is 0.526. The number of nitrogens with one attached hydrogen (secondary N) is 1. The molecule has 1 aromatic rings. The molecule has 0 aliphatic rings. The van der Waals surface area contributed by atoms with E-state index in [0.717, 1.165) is 24.5 Å². The molecule has 0 aromatic heterocycles. The maximum absolute atomic E-state index is 11.5. The Bertz CT molecular complexity index is 674. The van der Waals surface area contributed by atoms with E-state index in [1.165, 1.54) is 0 Å². The zero-order valence-corrected chi connectivity index (χ0v) is 19.0. The summed E-state index contributed by atoms with van der Waals surface area (Å²) in [6.07, 6.45) is 3.40. The van der Waals surface area contributed by atoms with E-state index in [2.05, 4.69) is 32.7 Å². The molecule has 1 N–H and O–H groups in total. The van der Waals surface area contributed by atoms with Gasteiger partial charge in [-0.1, -0.05) is 64.1 Å². The molecule has 0 saturated heterocycles. The second-order valence-corrected chi connectivity index (χ2v) is 8.66. The number of hydrogen-bond donors (Lipinski definition) is 1. The molecule has 1 rings (SSSR count). The number of benzene rings is 1. The summed E-state index contributed by atoms with van der Waals surface area (Å²) in [6, 6.07) is 9.85. The third kappa shape index (κ3) is 8.82.